The highest BCUT2D eigenvalue weighted by atomic mass is 16.5. The third-order valence-electron chi connectivity index (χ3n) is 4.69. The Morgan fingerprint density at radius 1 is 1.22 bits per heavy atom. The summed E-state index contributed by atoms with van der Waals surface area (Å²) in [5.74, 6) is 1.85. The summed E-state index contributed by atoms with van der Waals surface area (Å²) in [5, 5.41) is 3.40. The fourth-order valence-corrected chi connectivity index (χ4v) is 2.97. The quantitative estimate of drug-likeness (QED) is 0.401. The molecule has 0 unspecified atom stereocenters. The first kappa shape index (κ1) is 18.5. The van der Waals surface area contributed by atoms with E-state index in [1.165, 1.54) is 51.6 Å². The molecule has 1 aliphatic carbocycles. The summed E-state index contributed by atoms with van der Waals surface area (Å²) in [6.45, 7) is 10.1. The molecule has 0 radical (unpaired) electrons. The van der Waals surface area contributed by atoms with E-state index in [-0.39, 0.29) is 0 Å². The lowest BCUT2D eigenvalue weighted by Crippen LogP contribution is -2.41. The molecule has 2 aliphatic rings. The third kappa shape index (κ3) is 8.02. The molecule has 0 amide bonds. The maximum absolute atomic E-state index is 5.74. The fraction of sp³-hybridized carbons (Fsp3) is 0.944. The van der Waals surface area contributed by atoms with Crippen LogP contribution >= 0.6 is 0 Å². The van der Waals surface area contributed by atoms with Crippen LogP contribution in [0.4, 0.5) is 0 Å². The Labute approximate surface area is 142 Å². The number of likely N-dealkylation sites (tertiary alicyclic amines) is 1. The van der Waals surface area contributed by atoms with Gasteiger partial charge in [0.2, 0.25) is 0 Å². The Kier molecular flexibility index (Phi) is 8.76. The molecule has 1 N–H and O–H groups in total. The first-order chi connectivity index (χ1) is 11.3. The summed E-state index contributed by atoms with van der Waals surface area (Å²) in [4.78, 5) is 9.56. The monoisotopic (exact) mass is 324 g/mol. The standard InChI is InChI=1S/C18H36N4O/c1-3-19-18(21(2)14-15-23-16-17-8-9-17)20-10-13-22-11-6-4-5-7-12-22/h17H,3-16H2,1-2H3,(H,19,20). The third-order valence-corrected chi connectivity index (χ3v) is 4.69. The van der Waals surface area contributed by atoms with Crippen LogP contribution in [-0.2, 0) is 4.74 Å². The van der Waals surface area contributed by atoms with Crippen LogP contribution in [0.3, 0.4) is 0 Å². The first-order valence-corrected chi connectivity index (χ1v) is 9.59. The minimum absolute atomic E-state index is 0.795. The van der Waals surface area contributed by atoms with E-state index >= 15 is 0 Å². The molecule has 1 saturated heterocycles. The molecule has 5 heteroatoms. The molecule has 23 heavy (non-hydrogen) atoms. The zero-order valence-electron chi connectivity index (χ0n) is 15.2. The molecule has 0 bridgehead atoms. The van der Waals surface area contributed by atoms with Gasteiger partial charge in [-0.1, -0.05) is 12.8 Å². The Morgan fingerprint density at radius 3 is 2.61 bits per heavy atom. The van der Waals surface area contributed by atoms with Gasteiger partial charge in [-0.2, -0.15) is 0 Å². The van der Waals surface area contributed by atoms with Crippen molar-refractivity contribution in [2.75, 3.05) is 59.5 Å². The van der Waals surface area contributed by atoms with E-state index in [1.54, 1.807) is 0 Å². The summed E-state index contributed by atoms with van der Waals surface area (Å²) in [7, 11) is 2.11. The average Bonchev–Trinajstić information content (AvgIpc) is 3.38. The predicted octanol–water partition coefficient (Wildman–Crippen LogP) is 2.19. The molecule has 5 nitrogen and oxygen atoms in total. The molecule has 0 aromatic heterocycles. The van der Waals surface area contributed by atoms with Crippen LogP contribution in [0, 0.1) is 5.92 Å². The smallest absolute Gasteiger partial charge is 0.193 e. The number of likely N-dealkylation sites (N-methyl/N-ethyl adjacent to an activating group) is 1. The number of hydrogen-bond donors (Lipinski definition) is 1. The molecule has 2 fully saturated rings. The highest BCUT2D eigenvalue weighted by Gasteiger charge is 2.21. The maximum Gasteiger partial charge on any atom is 0.193 e. The van der Waals surface area contributed by atoms with Crippen LogP contribution in [0.1, 0.15) is 45.4 Å². The Morgan fingerprint density at radius 2 is 1.96 bits per heavy atom. The number of hydrogen-bond acceptors (Lipinski definition) is 3. The van der Waals surface area contributed by atoms with Gasteiger partial charge in [0.15, 0.2) is 5.96 Å². The molecule has 0 aromatic rings. The largest absolute Gasteiger partial charge is 0.379 e. The van der Waals surface area contributed by atoms with Gasteiger partial charge in [0.25, 0.3) is 0 Å². The van der Waals surface area contributed by atoms with Crippen molar-refractivity contribution in [2.45, 2.75) is 45.4 Å². The Bertz CT molecular complexity index is 336. The number of rotatable bonds is 9. The van der Waals surface area contributed by atoms with Gasteiger partial charge in [-0.15, -0.1) is 0 Å². The molecule has 0 spiro atoms. The lowest BCUT2D eigenvalue weighted by Gasteiger charge is -2.23. The summed E-state index contributed by atoms with van der Waals surface area (Å²) in [5.41, 5.74) is 0. The fourth-order valence-electron chi connectivity index (χ4n) is 2.97. The maximum atomic E-state index is 5.74. The van der Waals surface area contributed by atoms with Crippen molar-refractivity contribution < 1.29 is 4.74 Å². The molecule has 1 saturated carbocycles. The zero-order valence-corrected chi connectivity index (χ0v) is 15.2. The molecule has 1 heterocycles. The second-order valence-corrected chi connectivity index (χ2v) is 6.93. The van der Waals surface area contributed by atoms with Crippen molar-refractivity contribution in [3.8, 4) is 0 Å². The highest BCUT2D eigenvalue weighted by Crippen LogP contribution is 2.28. The van der Waals surface area contributed by atoms with E-state index in [1.807, 2.05) is 0 Å². The van der Waals surface area contributed by atoms with Crippen LogP contribution < -0.4 is 5.32 Å². The van der Waals surface area contributed by atoms with Crippen molar-refractivity contribution in [1.82, 2.24) is 15.1 Å². The van der Waals surface area contributed by atoms with E-state index in [2.05, 4.69) is 29.1 Å². The van der Waals surface area contributed by atoms with E-state index in [9.17, 15) is 0 Å². The number of guanidine groups is 1. The SMILES string of the molecule is CCNC(=NCCN1CCCCCC1)N(C)CCOCC1CC1. The molecule has 1 aliphatic heterocycles. The van der Waals surface area contributed by atoms with Crippen molar-refractivity contribution in [3.05, 3.63) is 0 Å². The number of ether oxygens (including phenoxy) is 1. The molecular weight excluding hydrogens is 288 g/mol. The van der Waals surface area contributed by atoms with Gasteiger partial charge < -0.3 is 19.9 Å². The Balaban J connectivity index is 1.66. The summed E-state index contributed by atoms with van der Waals surface area (Å²) >= 11 is 0. The summed E-state index contributed by atoms with van der Waals surface area (Å²) in [6.07, 6.45) is 8.20. The van der Waals surface area contributed by atoms with Crippen molar-refractivity contribution in [2.24, 2.45) is 10.9 Å². The summed E-state index contributed by atoms with van der Waals surface area (Å²) in [6, 6.07) is 0. The normalized spacial score (nSPS) is 20.3. The van der Waals surface area contributed by atoms with Crippen LogP contribution in [0.5, 0.6) is 0 Å². The minimum Gasteiger partial charge on any atom is -0.379 e. The molecular formula is C18H36N4O. The van der Waals surface area contributed by atoms with E-state index in [4.69, 9.17) is 9.73 Å². The van der Waals surface area contributed by atoms with E-state index < -0.39 is 0 Å². The van der Waals surface area contributed by atoms with E-state index in [0.717, 1.165) is 51.3 Å². The van der Waals surface area contributed by atoms with Crippen LogP contribution in [0.2, 0.25) is 0 Å². The molecule has 0 aromatic carbocycles. The van der Waals surface area contributed by atoms with Crippen molar-refractivity contribution in [1.29, 1.82) is 0 Å². The zero-order chi connectivity index (χ0) is 16.3. The van der Waals surface area contributed by atoms with Gasteiger partial charge in [0.1, 0.15) is 0 Å². The number of nitrogens with zero attached hydrogens (tertiary/aromatic N) is 3. The van der Waals surface area contributed by atoms with Crippen LogP contribution in [0.15, 0.2) is 4.99 Å². The van der Waals surface area contributed by atoms with Gasteiger partial charge in [0.05, 0.1) is 13.2 Å². The van der Waals surface area contributed by atoms with Crippen molar-refractivity contribution in [3.63, 3.8) is 0 Å². The lowest BCUT2D eigenvalue weighted by molar-refractivity contribution is 0.115. The average molecular weight is 325 g/mol. The van der Waals surface area contributed by atoms with Gasteiger partial charge in [-0.25, -0.2) is 0 Å². The topological polar surface area (TPSA) is 40.1 Å². The molecule has 0 atom stereocenters. The Hall–Kier alpha value is -0.810. The predicted molar refractivity (Wildman–Crippen MR) is 97.1 cm³/mol. The van der Waals surface area contributed by atoms with Gasteiger partial charge in [0, 0.05) is 33.3 Å². The van der Waals surface area contributed by atoms with Gasteiger partial charge in [-0.3, -0.25) is 4.99 Å². The van der Waals surface area contributed by atoms with E-state index in [0.29, 0.717) is 0 Å². The first-order valence-electron chi connectivity index (χ1n) is 9.59. The molecule has 2 rings (SSSR count). The number of aliphatic imine (C=N–C) groups is 1. The molecule has 134 valence electrons. The lowest BCUT2D eigenvalue weighted by atomic mass is 10.2. The second-order valence-electron chi connectivity index (χ2n) is 6.93. The van der Waals surface area contributed by atoms with Crippen molar-refractivity contribution >= 4 is 5.96 Å². The van der Waals surface area contributed by atoms with Crippen LogP contribution in [0.25, 0.3) is 0 Å². The number of nitrogens with one attached hydrogen (secondary N) is 1. The second kappa shape index (κ2) is 10.9. The van der Waals surface area contributed by atoms with Gasteiger partial charge >= 0.3 is 0 Å². The minimum atomic E-state index is 0.795. The highest BCUT2D eigenvalue weighted by molar-refractivity contribution is 5.79. The summed E-state index contributed by atoms with van der Waals surface area (Å²) < 4.78 is 5.74. The van der Waals surface area contributed by atoms with Gasteiger partial charge in [-0.05, 0) is 51.6 Å². The van der Waals surface area contributed by atoms with Crippen LogP contribution in [-0.4, -0.2) is 75.3 Å².